The van der Waals surface area contributed by atoms with Crippen molar-refractivity contribution in [3.8, 4) is 0 Å². The first-order chi connectivity index (χ1) is 12.4. The van der Waals surface area contributed by atoms with Crippen LogP contribution in [0.3, 0.4) is 0 Å². The minimum Gasteiger partial charge on any atom is -0.466 e. The van der Waals surface area contributed by atoms with E-state index >= 15 is 0 Å². The molecule has 1 aromatic carbocycles. The standard InChI is InChI=1S/C18H19Cl2NO5/c1-9-3-5-11-12(16(22)24-2)8-25-17(15(9)11)26-18(23)21-10-4-6-13(19)14(20)7-10/h4,6-9,11,15,17H,3,5H2,1-2H3,(H,21,23). The number of carbonyl (C=O) groups excluding carboxylic acids is 2. The van der Waals surface area contributed by atoms with Crippen LogP contribution in [-0.2, 0) is 19.0 Å². The van der Waals surface area contributed by atoms with Gasteiger partial charge in [0.25, 0.3) is 0 Å². The number of ether oxygens (including phenoxy) is 3. The van der Waals surface area contributed by atoms with Crippen LogP contribution < -0.4 is 5.32 Å². The number of halogens is 2. The molecule has 0 aromatic heterocycles. The number of nitrogens with one attached hydrogen (secondary N) is 1. The molecule has 1 N–H and O–H groups in total. The summed E-state index contributed by atoms with van der Waals surface area (Å²) in [6.45, 7) is 2.06. The fourth-order valence-corrected chi connectivity index (χ4v) is 3.91. The molecule has 0 bridgehead atoms. The molecule has 1 aliphatic carbocycles. The molecule has 6 nitrogen and oxygen atoms in total. The van der Waals surface area contributed by atoms with Gasteiger partial charge in [0.1, 0.15) is 0 Å². The average molecular weight is 400 g/mol. The van der Waals surface area contributed by atoms with Crippen LogP contribution in [0, 0.1) is 17.8 Å². The summed E-state index contributed by atoms with van der Waals surface area (Å²) in [5.74, 6) is -0.313. The largest absolute Gasteiger partial charge is 0.466 e. The lowest BCUT2D eigenvalue weighted by molar-refractivity contribution is -0.144. The Morgan fingerprint density at radius 1 is 1.23 bits per heavy atom. The van der Waals surface area contributed by atoms with Crippen LogP contribution in [-0.4, -0.2) is 25.5 Å². The number of rotatable bonds is 3. The van der Waals surface area contributed by atoms with Gasteiger partial charge in [0.05, 0.1) is 29.0 Å². The minimum atomic E-state index is -0.770. The van der Waals surface area contributed by atoms with Crippen molar-refractivity contribution in [2.45, 2.75) is 26.1 Å². The second kappa shape index (κ2) is 7.76. The van der Waals surface area contributed by atoms with E-state index in [2.05, 4.69) is 12.2 Å². The van der Waals surface area contributed by atoms with Crippen molar-refractivity contribution >= 4 is 41.0 Å². The highest BCUT2D eigenvalue weighted by molar-refractivity contribution is 6.42. The second-order valence-electron chi connectivity index (χ2n) is 6.47. The van der Waals surface area contributed by atoms with Crippen LogP contribution in [0.4, 0.5) is 10.5 Å². The summed E-state index contributed by atoms with van der Waals surface area (Å²) in [6.07, 6.45) is 1.66. The molecule has 4 unspecified atom stereocenters. The molecular formula is C18H19Cl2NO5. The van der Waals surface area contributed by atoms with E-state index in [1.54, 1.807) is 12.1 Å². The number of carbonyl (C=O) groups is 2. The Kier molecular flexibility index (Phi) is 5.63. The average Bonchev–Trinajstić information content (AvgIpc) is 3.00. The van der Waals surface area contributed by atoms with E-state index in [1.165, 1.54) is 19.4 Å². The van der Waals surface area contributed by atoms with Gasteiger partial charge in [0.15, 0.2) is 0 Å². The van der Waals surface area contributed by atoms with Crippen LogP contribution in [0.1, 0.15) is 19.8 Å². The van der Waals surface area contributed by atoms with Crippen LogP contribution in [0.25, 0.3) is 0 Å². The van der Waals surface area contributed by atoms with E-state index in [0.29, 0.717) is 21.3 Å². The Balaban J connectivity index is 1.70. The Hall–Kier alpha value is -1.92. The van der Waals surface area contributed by atoms with Crippen LogP contribution >= 0.6 is 23.2 Å². The number of hydrogen-bond donors (Lipinski definition) is 1. The lowest BCUT2D eigenvalue weighted by Crippen LogP contribution is -2.39. The van der Waals surface area contributed by atoms with Gasteiger partial charge >= 0.3 is 12.1 Å². The van der Waals surface area contributed by atoms with Crippen molar-refractivity contribution < 1.29 is 23.8 Å². The van der Waals surface area contributed by atoms with E-state index in [-0.39, 0.29) is 17.8 Å². The molecule has 0 saturated heterocycles. The van der Waals surface area contributed by atoms with Crippen molar-refractivity contribution in [2.75, 3.05) is 12.4 Å². The van der Waals surface area contributed by atoms with Crippen molar-refractivity contribution in [3.05, 3.63) is 40.1 Å². The molecule has 4 atom stereocenters. The summed E-state index contributed by atoms with van der Waals surface area (Å²) in [5.41, 5.74) is 0.952. The van der Waals surface area contributed by atoms with Gasteiger partial charge in [-0.25, -0.2) is 9.59 Å². The van der Waals surface area contributed by atoms with Crippen LogP contribution in [0.2, 0.25) is 10.0 Å². The highest BCUT2D eigenvalue weighted by Crippen LogP contribution is 2.46. The molecular weight excluding hydrogens is 381 g/mol. The fraction of sp³-hybridized carbons (Fsp3) is 0.444. The molecule has 2 aliphatic rings. The maximum Gasteiger partial charge on any atom is 0.414 e. The quantitative estimate of drug-likeness (QED) is 0.750. The molecule has 1 amide bonds. The lowest BCUT2D eigenvalue weighted by atomic mass is 9.83. The molecule has 1 saturated carbocycles. The Bertz CT molecular complexity index is 751. The van der Waals surface area contributed by atoms with Crippen LogP contribution in [0.5, 0.6) is 0 Å². The molecule has 8 heteroatoms. The molecule has 26 heavy (non-hydrogen) atoms. The molecule has 1 aromatic rings. The van der Waals surface area contributed by atoms with Gasteiger partial charge in [-0.2, -0.15) is 0 Å². The van der Waals surface area contributed by atoms with Crippen molar-refractivity contribution in [1.29, 1.82) is 0 Å². The summed E-state index contributed by atoms with van der Waals surface area (Å²) in [5, 5.41) is 3.32. The summed E-state index contributed by atoms with van der Waals surface area (Å²) in [6, 6.07) is 4.73. The monoisotopic (exact) mass is 399 g/mol. The van der Waals surface area contributed by atoms with Gasteiger partial charge in [-0.1, -0.05) is 30.1 Å². The first kappa shape index (κ1) is 18.9. The summed E-state index contributed by atoms with van der Waals surface area (Å²) in [7, 11) is 1.34. The molecule has 140 valence electrons. The highest BCUT2D eigenvalue weighted by atomic mass is 35.5. The maximum absolute atomic E-state index is 12.2. The van der Waals surface area contributed by atoms with Crippen molar-refractivity contribution in [3.63, 3.8) is 0 Å². The van der Waals surface area contributed by atoms with E-state index < -0.39 is 18.4 Å². The van der Waals surface area contributed by atoms with Gasteiger partial charge in [0.2, 0.25) is 6.29 Å². The van der Waals surface area contributed by atoms with Gasteiger partial charge in [-0.05, 0) is 37.0 Å². The smallest absolute Gasteiger partial charge is 0.414 e. The number of benzene rings is 1. The zero-order valence-electron chi connectivity index (χ0n) is 14.3. The summed E-state index contributed by atoms with van der Waals surface area (Å²) in [4.78, 5) is 24.2. The third kappa shape index (κ3) is 3.76. The van der Waals surface area contributed by atoms with Crippen LogP contribution in [0.15, 0.2) is 30.0 Å². The molecule has 1 aliphatic heterocycles. The predicted molar refractivity (Wildman–Crippen MR) is 96.9 cm³/mol. The summed E-state index contributed by atoms with van der Waals surface area (Å²) >= 11 is 11.8. The third-order valence-electron chi connectivity index (χ3n) is 4.91. The van der Waals surface area contributed by atoms with E-state index in [1.807, 2.05) is 0 Å². The number of anilines is 1. The van der Waals surface area contributed by atoms with E-state index in [0.717, 1.165) is 12.8 Å². The minimum absolute atomic E-state index is 0.0472. The number of hydrogen-bond acceptors (Lipinski definition) is 5. The normalized spacial score (nSPS) is 27.0. The van der Waals surface area contributed by atoms with E-state index in [4.69, 9.17) is 37.4 Å². The predicted octanol–water partition coefficient (Wildman–Crippen LogP) is 4.62. The van der Waals surface area contributed by atoms with Gasteiger partial charge in [0, 0.05) is 17.5 Å². The third-order valence-corrected chi connectivity index (χ3v) is 5.65. The van der Waals surface area contributed by atoms with Crippen molar-refractivity contribution in [2.24, 2.45) is 17.8 Å². The van der Waals surface area contributed by atoms with E-state index in [9.17, 15) is 9.59 Å². The second-order valence-corrected chi connectivity index (χ2v) is 7.28. The highest BCUT2D eigenvalue weighted by Gasteiger charge is 2.48. The number of fused-ring (bicyclic) bond motifs is 1. The number of methoxy groups -OCH3 is 1. The first-order valence-corrected chi connectivity index (χ1v) is 9.02. The fourth-order valence-electron chi connectivity index (χ4n) is 3.61. The SMILES string of the molecule is COC(=O)C1=COC(OC(=O)Nc2ccc(Cl)c(Cl)c2)C2C(C)CCC12. The Morgan fingerprint density at radius 2 is 2.00 bits per heavy atom. The van der Waals surface area contributed by atoms with Crippen molar-refractivity contribution in [1.82, 2.24) is 0 Å². The van der Waals surface area contributed by atoms with Gasteiger partial charge in [-0.15, -0.1) is 0 Å². The van der Waals surface area contributed by atoms with Gasteiger partial charge in [-0.3, -0.25) is 5.32 Å². The Labute approximate surface area is 161 Å². The first-order valence-electron chi connectivity index (χ1n) is 8.27. The lowest BCUT2D eigenvalue weighted by Gasteiger charge is -2.34. The maximum atomic E-state index is 12.2. The number of amides is 1. The zero-order chi connectivity index (χ0) is 18.8. The summed E-state index contributed by atoms with van der Waals surface area (Å²) < 4.78 is 15.8. The zero-order valence-corrected chi connectivity index (χ0v) is 15.8. The molecule has 1 heterocycles. The molecule has 1 fully saturated rings. The number of esters is 1. The Morgan fingerprint density at radius 3 is 2.69 bits per heavy atom. The topological polar surface area (TPSA) is 73.9 Å². The molecule has 3 rings (SSSR count). The molecule has 0 spiro atoms. The molecule has 0 radical (unpaired) electrons. The van der Waals surface area contributed by atoms with Gasteiger partial charge < -0.3 is 14.2 Å².